The van der Waals surface area contributed by atoms with E-state index in [1.807, 2.05) is 6.07 Å². The highest BCUT2D eigenvalue weighted by Crippen LogP contribution is 2.33. The topological polar surface area (TPSA) is 97.1 Å². The highest BCUT2D eigenvalue weighted by Gasteiger charge is 2.34. The van der Waals surface area contributed by atoms with Gasteiger partial charge in [-0.2, -0.15) is 22.8 Å². The van der Waals surface area contributed by atoms with E-state index in [9.17, 15) is 22.4 Å². The van der Waals surface area contributed by atoms with E-state index in [1.165, 1.54) is 0 Å². The molecule has 3 heterocycles. The van der Waals surface area contributed by atoms with Crippen molar-refractivity contribution in [2.75, 3.05) is 10.6 Å². The molecule has 180 valence electrons. The number of hydrogen-bond acceptors (Lipinski definition) is 5. The van der Waals surface area contributed by atoms with Crippen LogP contribution in [0.15, 0.2) is 79.1 Å². The Hall–Kier alpha value is -4.87. The Morgan fingerprint density at radius 3 is 2.39 bits per heavy atom. The molecule has 2 aromatic carbocycles. The van der Waals surface area contributed by atoms with E-state index >= 15 is 0 Å². The molecule has 36 heavy (non-hydrogen) atoms. The molecule has 0 fully saturated rings. The van der Waals surface area contributed by atoms with Gasteiger partial charge in [0, 0.05) is 34.9 Å². The van der Waals surface area contributed by atoms with Crippen LogP contribution < -0.4 is 10.6 Å². The third-order valence-electron chi connectivity index (χ3n) is 5.13. The number of anilines is 2. The second-order valence-electron chi connectivity index (χ2n) is 7.61. The molecule has 8 nitrogen and oxygen atoms in total. The lowest BCUT2D eigenvalue weighted by atomic mass is 10.1. The number of carbonyl (C=O) groups excluding carboxylic acids is 1. The highest BCUT2D eigenvalue weighted by molar-refractivity contribution is 6.00. The van der Waals surface area contributed by atoms with Gasteiger partial charge in [-0.05, 0) is 54.6 Å². The van der Waals surface area contributed by atoms with Crippen LogP contribution in [0.2, 0.25) is 0 Å². The summed E-state index contributed by atoms with van der Waals surface area (Å²) in [5, 5.41) is 17.7. The van der Waals surface area contributed by atoms with Crippen LogP contribution in [0.5, 0.6) is 0 Å². The summed E-state index contributed by atoms with van der Waals surface area (Å²) in [6, 6.07) is 15.2. The van der Waals surface area contributed by atoms with Crippen molar-refractivity contribution < 1.29 is 22.4 Å². The minimum Gasteiger partial charge on any atom is -0.308 e. The van der Waals surface area contributed by atoms with Crippen molar-refractivity contribution in [3.63, 3.8) is 0 Å². The molecule has 3 aromatic heterocycles. The Labute approximate surface area is 200 Å². The average molecular weight is 493 g/mol. The Bertz CT molecular complexity index is 1570. The molecule has 5 aromatic rings. The molecular weight excluding hydrogens is 478 g/mol. The Balaban J connectivity index is 1.37. The zero-order valence-electron chi connectivity index (χ0n) is 18.2. The number of amides is 2. The number of nitrogens with one attached hydrogen (secondary N) is 2. The third kappa shape index (κ3) is 4.69. The number of pyridine rings is 1. The molecule has 0 aliphatic carbocycles. The number of nitrogens with zero attached hydrogens (tertiary/aromatic N) is 5. The quantitative estimate of drug-likeness (QED) is 0.315. The largest absolute Gasteiger partial charge is 0.419 e. The molecule has 0 saturated carbocycles. The standard InChI is InChI=1S/C24H15F4N7O/c25-19-7-6-17(12-18(19)24(26,27)28)31-23(36)30-16-5-1-3-14(11-16)20-8-9-21-32-33-22(35(21)34-20)15-4-2-10-29-13-15/h1-13H,(H2,30,31,36). The van der Waals surface area contributed by atoms with Gasteiger partial charge in [-0.25, -0.2) is 9.18 Å². The molecular formula is C24H15F4N7O. The lowest BCUT2D eigenvalue weighted by molar-refractivity contribution is -0.139. The molecule has 5 rings (SSSR count). The van der Waals surface area contributed by atoms with E-state index in [4.69, 9.17) is 0 Å². The molecule has 12 heteroatoms. The number of hydrogen-bond donors (Lipinski definition) is 2. The number of fused-ring (bicyclic) bond motifs is 1. The second kappa shape index (κ2) is 9.06. The summed E-state index contributed by atoms with van der Waals surface area (Å²) in [4.78, 5) is 16.5. The van der Waals surface area contributed by atoms with Gasteiger partial charge >= 0.3 is 12.2 Å². The van der Waals surface area contributed by atoms with Gasteiger partial charge in [-0.15, -0.1) is 10.2 Å². The van der Waals surface area contributed by atoms with E-state index in [-0.39, 0.29) is 5.69 Å². The summed E-state index contributed by atoms with van der Waals surface area (Å²) < 4.78 is 53.9. The number of benzene rings is 2. The summed E-state index contributed by atoms with van der Waals surface area (Å²) in [7, 11) is 0. The average Bonchev–Trinajstić information content (AvgIpc) is 3.28. The summed E-state index contributed by atoms with van der Waals surface area (Å²) in [5.74, 6) is -0.920. The van der Waals surface area contributed by atoms with Crippen molar-refractivity contribution in [1.29, 1.82) is 0 Å². The number of alkyl halides is 3. The number of carbonyl (C=O) groups is 1. The van der Waals surface area contributed by atoms with Crippen LogP contribution in [0.4, 0.5) is 33.7 Å². The van der Waals surface area contributed by atoms with E-state index in [2.05, 4.69) is 30.9 Å². The van der Waals surface area contributed by atoms with Gasteiger partial charge in [0.2, 0.25) is 0 Å². The first-order valence-corrected chi connectivity index (χ1v) is 10.5. The van der Waals surface area contributed by atoms with Crippen LogP contribution >= 0.6 is 0 Å². The Morgan fingerprint density at radius 1 is 0.861 bits per heavy atom. The molecule has 0 unspecified atom stereocenters. The molecule has 0 saturated heterocycles. The molecule has 0 radical (unpaired) electrons. The maximum atomic E-state index is 13.5. The smallest absolute Gasteiger partial charge is 0.308 e. The fourth-order valence-corrected chi connectivity index (χ4v) is 3.49. The molecule has 0 bridgehead atoms. The second-order valence-corrected chi connectivity index (χ2v) is 7.61. The predicted molar refractivity (Wildman–Crippen MR) is 123 cm³/mol. The van der Waals surface area contributed by atoms with Gasteiger partial charge in [0.1, 0.15) is 5.82 Å². The molecule has 0 spiro atoms. The molecule has 2 N–H and O–H groups in total. The summed E-state index contributed by atoms with van der Waals surface area (Å²) >= 11 is 0. The lowest BCUT2D eigenvalue weighted by Crippen LogP contribution is -2.20. The van der Waals surface area contributed by atoms with Crippen molar-refractivity contribution >= 4 is 23.1 Å². The summed E-state index contributed by atoms with van der Waals surface area (Å²) in [6.07, 6.45) is -1.60. The monoisotopic (exact) mass is 493 g/mol. The van der Waals surface area contributed by atoms with Crippen LogP contribution in [0.1, 0.15) is 5.56 Å². The van der Waals surface area contributed by atoms with E-state index in [0.717, 1.165) is 11.6 Å². The van der Waals surface area contributed by atoms with E-state index < -0.39 is 23.6 Å². The van der Waals surface area contributed by atoms with Crippen LogP contribution in [-0.4, -0.2) is 30.8 Å². The van der Waals surface area contributed by atoms with Crippen LogP contribution in [0.3, 0.4) is 0 Å². The third-order valence-corrected chi connectivity index (χ3v) is 5.13. The lowest BCUT2D eigenvalue weighted by Gasteiger charge is -2.12. The minimum atomic E-state index is -4.89. The van der Waals surface area contributed by atoms with Crippen molar-refractivity contribution in [1.82, 2.24) is 24.8 Å². The SMILES string of the molecule is O=C(Nc1cccc(-c2ccc3nnc(-c4cccnc4)n3n2)c1)Nc1ccc(F)c(C(F)(F)F)c1. The van der Waals surface area contributed by atoms with Crippen molar-refractivity contribution in [3.05, 3.63) is 90.5 Å². The zero-order valence-corrected chi connectivity index (χ0v) is 18.2. The number of halogens is 4. The number of aromatic nitrogens is 5. The van der Waals surface area contributed by atoms with Gasteiger partial charge < -0.3 is 10.6 Å². The van der Waals surface area contributed by atoms with Gasteiger partial charge in [0.15, 0.2) is 11.5 Å². The van der Waals surface area contributed by atoms with Crippen LogP contribution in [-0.2, 0) is 6.18 Å². The highest BCUT2D eigenvalue weighted by atomic mass is 19.4. The maximum Gasteiger partial charge on any atom is 0.419 e. The molecule has 0 aliphatic rings. The normalized spacial score (nSPS) is 11.4. The zero-order chi connectivity index (χ0) is 25.3. The van der Waals surface area contributed by atoms with Gasteiger partial charge in [0.25, 0.3) is 0 Å². The number of rotatable bonds is 4. The van der Waals surface area contributed by atoms with E-state index in [0.29, 0.717) is 40.5 Å². The fraction of sp³-hybridized carbons (Fsp3) is 0.0417. The van der Waals surface area contributed by atoms with Crippen LogP contribution in [0, 0.1) is 5.82 Å². The Morgan fingerprint density at radius 2 is 1.64 bits per heavy atom. The first-order chi connectivity index (χ1) is 17.3. The molecule has 0 aliphatic heterocycles. The first-order valence-electron chi connectivity index (χ1n) is 10.5. The summed E-state index contributed by atoms with van der Waals surface area (Å²) in [6.45, 7) is 0. The van der Waals surface area contributed by atoms with E-state index in [1.54, 1.807) is 59.4 Å². The van der Waals surface area contributed by atoms with Gasteiger partial charge in [-0.1, -0.05) is 12.1 Å². The van der Waals surface area contributed by atoms with Gasteiger partial charge in [0.05, 0.1) is 11.3 Å². The predicted octanol–water partition coefficient (Wildman–Crippen LogP) is 5.66. The summed E-state index contributed by atoms with van der Waals surface area (Å²) in [5.41, 5.74) is 1.16. The van der Waals surface area contributed by atoms with Gasteiger partial charge in [-0.3, -0.25) is 4.98 Å². The van der Waals surface area contributed by atoms with Crippen LogP contribution in [0.25, 0.3) is 28.3 Å². The van der Waals surface area contributed by atoms with Crippen molar-refractivity contribution in [2.24, 2.45) is 0 Å². The molecule has 0 atom stereocenters. The first kappa shape index (κ1) is 22.9. The fourth-order valence-electron chi connectivity index (χ4n) is 3.49. The van der Waals surface area contributed by atoms with Crippen molar-refractivity contribution in [2.45, 2.75) is 6.18 Å². The molecule has 2 amide bonds. The maximum absolute atomic E-state index is 13.5. The number of urea groups is 1. The Kier molecular flexibility index (Phi) is 5.76. The van der Waals surface area contributed by atoms with Crippen molar-refractivity contribution in [3.8, 4) is 22.6 Å². The minimum absolute atomic E-state index is 0.208.